The van der Waals surface area contributed by atoms with E-state index < -0.39 is 16.6 Å². The first-order valence-electron chi connectivity index (χ1n) is 5.53. The first-order chi connectivity index (χ1) is 7.16. The molecule has 0 amide bonds. The van der Waals surface area contributed by atoms with Gasteiger partial charge in [-0.3, -0.25) is 0 Å². The van der Waals surface area contributed by atoms with Crippen LogP contribution in [0.4, 0.5) is 0 Å². The molecular weight excluding hydrogens is 236 g/mol. The van der Waals surface area contributed by atoms with Crippen molar-refractivity contribution in [3.8, 4) is 0 Å². The average Bonchev–Trinajstić information content (AvgIpc) is 1.96. The van der Waals surface area contributed by atoms with Gasteiger partial charge in [0.15, 0.2) is 14.2 Å². The van der Waals surface area contributed by atoms with Crippen LogP contribution in [0.2, 0.25) is 39.3 Å². The van der Waals surface area contributed by atoms with Gasteiger partial charge < -0.3 is 14.2 Å². The summed E-state index contributed by atoms with van der Waals surface area (Å²) in [6, 6.07) is 0. The zero-order chi connectivity index (χ0) is 12.4. The lowest BCUT2D eigenvalue weighted by Gasteiger charge is -2.27. The molecule has 92 valence electrons. The Bertz CT molecular complexity index is 303. The van der Waals surface area contributed by atoms with E-state index >= 15 is 0 Å². The summed E-state index contributed by atoms with van der Waals surface area (Å²) >= 11 is 0. The summed E-state index contributed by atoms with van der Waals surface area (Å²) in [5.74, 6) is 0.682. The minimum atomic E-state index is -1.59. The van der Waals surface area contributed by atoms with Crippen LogP contribution in [0, 0.1) is 0 Å². The van der Waals surface area contributed by atoms with Gasteiger partial charge in [-0.05, 0) is 39.3 Å². The molecule has 1 N–H and O–H groups in total. The van der Waals surface area contributed by atoms with Crippen LogP contribution < -0.4 is 5.32 Å². The molecule has 0 radical (unpaired) electrons. The Kier molecular flexibility index (Phi) is 3.98. The molecule has 1 unspecified atom stereocenters. The van der Waals surface area contributed by atoms with Crippen molar-refractivity contribution in [3.63, 3.8) is 0 Å². The van der Waals surface area contributed by atoms with Crippen LogP contribution in [0.25, 0.3) is 0 Å². The number of hydrogen-bond acceptors (Lipinski definition) is 4. The highest BCUT2D eigenvalue weighted by atomic mass is 28.4. The van der Waals surface area contributed by atoms with Gasteiger partial charge in [0.1, 0.15) is 0 Å². The minimum Gasteiger partial charge on any atom is -0.532 e. The van der Waals surface area contributed by atoms with Crippen LogP contribution in [0.5, 0.6) is 0 Å². The third kappa shape index (κ3) is 5.48. The van der Waals surface area contributed by atoms with E-state index in [9.17, 15) is 0 Å². The maximum atomic E-state index is 5.85. The molecule has 1 aliphatic rings. The van der Waals surface area contributed by atoms with E-state index in [0.717, 1.165) is 0 Å². The van der Waals surface area contributed by atoms with Crippen molar-refractivity contribution < 1.29 is 8.85 Å². The van der Waals surface area contributed by atoms with Gasteiger partial charge in [-0.2, -0.15) is 0 Å². The molecule has 0 saturated heterocycles. The topological polar surface area (TPSA) is 42.9 Å². The maximum absolute atomic E-state index is 5.85. The summed E-state index contributed by atoms with van der Waals surface area (Å²) in [6.07, 6.45) is 3.40. The largest absolute Gasteiger partial charge is 0.532 e. The second-order valence-corrected chi connectivity index (χ2v) is 14.7. The number of aliphatic imine (C=N–C) groups is 1. The molecule has 0 aliphatic carbocycles. The number of nitrogens with zero attached hydrogens (tertiary/aromatic N) is 1. The Hall–Kier alpha value is -0.596. The van der Waals surface area contributed by atoms with Gasteiger partial charge in [-0.15, -0.1) is 0 Å². The monoisotopic (exact) mass is 258 g/mol. The molecule has 0 aromatic carbocycles. The Balaban J connectivity index is 2.62. The number of hydrogen-bond donors (Lipinski definition) is 1. The molecule has 1 atom stereocenters. The van der Waals surface area contributed by atoms with Crippen molar-refractivity contribution in [1.29, 1.82) is 0 Å². The highest BCUT2D eigenvalue weighted by Crippen LogP contribution is 2.11. The zero-order valence-corrected chi connectivity index (χ0v) is 13.0. The normalized spacial score (nSPS) is 21.4. The minimum absolute atomic E-state index is 0.289. The fraction of sp³-hybridized carbons (Fsp3) is 0.700. The first-order valence-corrected chi connectivity index (χ1v) is 12.3. The molecule has 0 aromatic rings. The lowest BCUT2D eigenvalue weighted by molar-refractivity contribution is 0.178. The SMILES string of the molecule is C[Si](C)(C)OC1=NC(O[Si](C)(C)C)NC=C1. The highest BCUT2D eigenvalue weighted by Gasteiger charge is 2.24. The van der Waals surface area contributed by atoms with Gasteiger partial charge in [-0.25, -0.2) is 4.99 Å². The van der Waals surface area contributed by atoms with Crippen LogP contribution in [0.15, 0.2) is 17.3 Å². The van der Waals surface area contributed by atoms with Gasteiger partial charge in [0.25, 0.3) is 0 Å². The van der Waals surface area contributed by atoms with Gasteiger partial charge in [0.2, 0.25) is 14.7 Å². The summed E-state index contributed by atoms with van der Waals surface area (Å²) in [6.45, 7) is 12.8. The second-order valence-electron chi connectivity index (χ2n) is 5.76. The zero-order valence-electron chi connectivity index (χ0n) is 11.0. The maximum Gasteiger partial charge on any atom is 0.244 e. The Morgan fingerprint density at radius 1 is 1.12 bits per heavy atom. The molecule has 0 bridgehead atoms. The molecule has 1 heterocycles. The summed E-state index contributed by atoms with van der Waals surface area (Å²) < 4.78 is 11.7. The first kappa shape index (κ1) is 13.5. The number of nitrogens with one attached hydrogen (secondary N) is 1. The predicted molar refractivity (Wildman–Crippen MR) is 72.4 cm³/mol. The van der Waals surface area contributed by atoms with Crippen molar-refractivity contribution in [3.05, 3.63) is 12.3 Å². The summed E-state index contributed by atoms with van der Waals surface area (Å²) in [4.78, 5) is 4.40. The van der Waals surface area contributed by atoms with Crippen molar-refractivity contribution in [2.75, 3.05) is 0 Å². The standard InChI is InChI=1S/C10H22N2O2Si2/c1-15(2,3)13-9-7-8-11-10(12-9)14-16(4,5)6/h7-8,10-11H,1-6H3. The predicted octanol–water partition coefficient (Wildman–Crippen LogP) is 2.49. The second kappa shape index (κ2) is 4.72. The van der Waals surface area contributed by atoms with E-state index in [4.69, 9.17) is 8.85 Å². The van der Waals surface area contributed by atoms with Crippen molar-refractivity contribution in [2.24, 2.45) is 4.99 Å². The Morgan fingerprint density at radius 3 is 2.25 bits per heavy atom. The molecule has 16 heavy (non-hydrogen) atoms. The molecule has 1 aliphatic heterocycles. The quantitative estimate of drug-likeness (QED) is 0.791. The molecule has 1 rings (SSSR count). The average molecular weight is 258 g/mol. The van der Waals surface area contributed by atoms with E-state index in [1.54, 1.807) is 0 Å². The molecule has 0 saturated carbocycles. The van der Waals surface area contributed by atoms with E-state index in [1.807, 2.05) is 12.3 Å². The summed E-state index contributed by atoms with van der Waals surface area (Å²) in [7, 11) is -3.17. The van der Waals surface area contributed by atoms with Crippen molar-refractivity contribution in [2.45, 2.75) is 45.6 Å². The molecule has 0 aromatic heterocycles. The van der Waals surface area contributed by atoms with Crippen LogP contribution in [0.3, 0.4) is 0 Å². The van der Waals surface area contributed by atoms with E-state index in [0.29, 0.717) is 5.90 Å². The lowest BCUT2D eigenvalue weighted by Crippen LogP contribution is -2.40. The van der Waals surface area contributed by atoms with Gasteiger partial charge in [0.05, 0.1) is 0 Å². The van der Waals surface area contributed by atoms with Crippen LogP contribution in [0.1, 0.15) is 0 Å². The molecule has 4 nitrogen and oxygen atoms in total. The Labute approximate surface area is 100 Å². The third-order valence-electron chi connectivity index (χ3n) is 1.59. The van der Waals surface area contributed by atoms with Gasteiger partial charge >= 0.3 is 0 Å². The Morgan fingerprint density at radius 2 is 1.75 bits per heavy atom. The van der Waals surface area contributed by atoms with E-state index in [-0.39, 0.29) is 6.35 Å². The number of rotatable bonds is 3. The fourth-order valence-electron chi connectivity index (χ4n) is 1.17. The molecule has 0 spiro atoms. The van der Waals surface area contributed by atoms with Crippen LogP contribution >= 0.6 is 0 Å². The van der Waals surface area contributed by atoms with Gasteiger partial charge in [-0.1, -0.05) is 0 Å². The van der Waals surface area contributed by atoms with E-state index in [1.165, 1.54) is 0 Å². The fourth-order valence-corrected chi connectivity index (χ4v) is 2.71. The van der Waals surface area contributed by atoms with Gasteiger partial charge in [0, 0.05) is 12.3 Å². The van der Waals surface area contributed by atoms with Crippen molar-refractivity contribution in [1.82, 2.24) is 5.32 Å². The molecular formula is C10H22N2O2Si2. The lowest BCUT2D eigenvalue weighted by atomic mass is 10.5. The summed E-state index contributed by atoms with van der Waals surface area (Å²) in [5.41, 5.74) is 0. The third-order valence-corrected chi connectivity index (χ3v) is 3.34. The van der Waals surface area contributed by atoms with E-state index in [2.05, 4.69) is 49.6 Å². The molecule has 6 heteroatoms. The molecule has 0 fully saturated rings. The smallest absolute Gasteiger partial charge is 0.244 e. The van der Waals surface area contributed by atoms with Crippen LogP contribution in [-0.2, 0) is 8.85 Å². The van der Waals surface area contributed by atoms with Crippen molar-refractivity contribution >= 4 is 22.5 Å². The van der Waals surface area contributed by atoms with Crippen LogP contribution in [-0.4, -0.2) is 28.9 Å². The summed E-state index contributed by atoms with van der Waals surface area (Å²) in [5, 5.41) is 3.07. The highest BCUT2D eigenvalue weighted by molar-refractivity contribution is 6.71.